The lowest BCUT2D eigenvalue weighted by Crippen LogP contribution is -2.35. The van der Waals surface area contributed by atoms with Gasteiger partial charge in [-0.25, -0.2) is 4.98 Å². The number of likely N-dealkylation sites (N-methyl/N-ethyl adjacent to an activating group) is 1. The smallest absolute Gasteiger partial charge is 0.137 e. The van der Waals surface area contributed by atoms with E-state index < -0.39 is 0 Å². The predicted octanol–water partition coefficient (Wildman–Crippen LogP) is 6.68. The normalized spacial score (nSPS) is 15.6. The van der Waals surface area contributed by atoms with Crippen LogP contribution < -0.4 is 5.73 Å². The van der Waals surface area contributed by atoms with Crippen molar-refractivity contribution in [2.45, 2.75) is 60.0 Å². The van der Waals surface area contributed by atoms with Gasteiger partial charge in [0.15, 0.2) is 0 Å². The number of nitrogens with zero attached hydrogens (tertiary/aromatic N) is 2. The van der Waals surface area contributed by atoms with E-state index in [-0.39, 0.29) is 6.17 Å². The Kier molecular flexibility index (Phi) is 11.9. The summed E-state index contributed by atoms with van der Waals surface area (Å²) in [5.74, 6) is 0. The number of nitrogens with one attached hydrogen (secondary N) is 1. The lowest BCUT2D eigenvalue weighted by Gasteiger charge is -2.24. The Hall–Kier alpha value is -2.30. The Morgan fingerprint density at radius 2 is 2.03 bits per heavy atom. The lowest BCUT2D eigenvalue weighted by atomic mass is 10.0. The van der Waals surface area contributed by atoms with Crippen molar-refractivity contribution in [3.63, 3.8) is 0 Å². The van der Waals surface area contributed by atoms with Crippen molar-refractivity contribution in [3.8, 4) is 0 Å². The molecule has 1 aliphatic heterocycles. The molecule has 5 heteroatoms. The highest BCUT2D eigenvalue weighted by Gasteiger charge is 2.11. The van der Waals surface area contributed by atoms with Crippen LogP contribution in [0.3, 0.4) is 0 Å². The Morgan fingerprint density at radius 1 is 1.30 bits per heavy atom. The van der Waals surface area contributed by atoms with Crippen LogP contribution in [0.2, 0.25) is 0 Å². The van der Waals surface area contributed by atoms with Gasteiger partial charge in [0.25, 0.3) is 0 Å². The summed E-state index contributed by atoms with van der Waals surface area (Å²) in [6, 6.07) is 4.06. The standard InChI is InChI=1S/C14H16N4.C9H15Cl.C2H6/c1-18-9-10(4-5-13(18)15)7-11-8-17-14-12(11)3-2-6-16-14;1-4-5-9(10)7-6-8(2)3;1-2/h2-6,8-9,13H,7,15H2,1H3,(H,16,17);6-7H,4-5H2,1-3H3;1-2H3/b;9-7+;. The Morgan fingerprint density at radius 3 is 2.67 bits per heavy atom. The highest BCUT2D eigenvalue weighted by molar-refractivity contribution is 6.29. The van der Waals surface area contributed by atoms with Crippen LogP contribution in [0, 0.1) is 0 Å². The summed E-state index contributed by atoms with van der Waals surface area (Å²) in [7, 11) is 1.99. The summed E-state index contributed by atoms with van der Waals surface area (Å²) >= 11 is 5.84. The summed E-state index contributed by atoms with van der Waals surface area (Å²) < 4.78 is 0. The fourth-order valence-corrected chi connectivity index (χ4v) is 3.06. The molecule has 1 unspecified atom stereocenters. The van der Waals surface area contributed by atoms with E-state index in [4.69, 9.17) is 17.3 Å². The van der Waals surface area contributed by atoms with E-state index in [1.807, 2.05) is 56.3 Å². The number of aromatic nitrogens is 2. The van der Waals surface area contributed by atoms with E-state index in [0.717, 1.165) is 29.9 Å². The van der Waals surface area contributed by atoms with Crippen LogP contribution in [0.1, 0.15) is 53.0 Å². The second-order valence-corrected chi connectivity index (χ2v) is 7.70. The third-order valence-electron chi connectivity index (χ3n) is 4.36. The van der Waals surface area contributed by atoms with Crippen molar-refractivity contribution in [3.05, 3.63) is 76.8 Å². The molecule has 164 valence electrons. The maximum Gasteiger partial charge on any atom is 0.137 e. The number of fused-ring (bicyclic) bond motifs is 1. The minimum atomic E-state index is -0.0154. The van der Waals surface area contributed by atoms with Gasteiger partial charge < -0.3 is 15.6 Å². The van der Waals surface area contributed by atoms with Crippen LogP contribution in [0.5, 0.6) is 0 Å². The van der Waals surface area contributed by atoms with Crippen LogP contribution in [0.15, 0.2) is 71.2 Å². The van der Waals surface area contributed by atoms with Crippen LogP contribution in [0.4, 0.5) is 0 Å². The van der Waals surface area contributed by atoms with Crippen LogP contribution >= 0.6 is 11.6 Å². The molecule has 0 aliphatic carbocycles. The molecule has 1 atom stereocenters. The minimum Gasteiger partial charge on any atom is -0.362 e. The van der Waals surface area contributed by atoms with Gasteiger partial charge in [-0.3, -0.25) is 0 Å². The van der Waals surface area contributed by atoms with Gasteiger partial charge in [-0.2, -0.15) is 0 Å². The maximum absolute atomic E-state index is 5.88. The largest absolute Gasteiger partial charge is 0.362 e. The van der Waals surface area contributed by atoms with E-state index in [1.54, 1.807) is 6.20 Å². The van der Waals surface area contributed by atoms with Gasteiger partial charge in [-0.1, -0.05) is 56.5 Å². The molecule has 0 amide bonds. The third kappa shape index (κ3) is 8.60. The molecule has 3 rings (SSSR count). The Bertz CT molecular complexity index is 885. The number of rotatable bonds is 5. The Labute approximate surface area is 187 Å². The van der Waals surface area contributed by atoms with Gasteiger partial charge in [-0.05, 0) is 55.7 Å². The molecule has 30 heavy (non-hydrogen) atoms. The van der Waals surface area contributed by atoms with E-state index in [9.17, 15) is 0 Å². The lowest BCUT2D eigenvalue weighted by molar-refractivity contribution is 0.384. The van der Waals surface area contributed by atoms with Crippen molar-refractivity contribution in [2.75, 3.05) is 7.05 Å². The molecular weight excluding hydrogens is 392 g/mol. The molecule has 3 N–H and O–H groups in total. The first-order valence-electron chi connectivity index (χ1n) is 10.7. The number of pyridine rings is 1. The third-order valence-corrected chi connectivity index (χ3v) is 4.68. The van der Waals surface area contributed by atoms with Crippen molar-refractivity contribution in [2.24, 2.45) is 5.73 Å². The molecule has 0 bridgehead atoms. The first-order valence-corrected chi connectivity index (χ1v) is 11.1. The average molecular weight is 429 g/mol. The molecule has 0 saturated heterocycles. The minimum absolute atomic E-state index is 0.0154. The first kappa shape index (κ1) is 25.7. The molecular formula is C25H37ClN4. The Balaban J connectivity index is 0.000000323. The van der Waals surface area contributed by atoms with Crippen molar-refractivity contribution in [1.29, 1.82) is 0 Å². The van der Waals surface area contributed by atoms with Crippen molar-refractivity contribution < 1.29 is 0 Å². The maximum atomic E-state index is 5.88. The van der Waals surface area contributed by atoms with E-state index in [0.29, 0.717) is 0 Å². The molecule has 0 aromatic carbocycles. The topological polar surface area (TPSA) is 57.9 Å². The number of hydrogen-bond acceptors (Lipinski definition) is 3. The fraction of sp³-hybridized carbons (Fsp3) is 0.400. The molecule has 0 spiro atoms. The molecule has 0 radical (unpaired) electrons. The molecule has 4 nitrogen and oxygen atoms in total. The second-order valence-electron chi connectivity index (χ2n) is 7.22. The molecule has 3 heterocycles. The van der Waals surface area contributed by atoms with E-state index in [2.05, 4.69) is 49.1 Å². The zero-order valence-corrected chi connectivity index (χ0v) is 20.0. The van der Waals surface area contributed by atoms with Crippen molar-refractivity contribution in [1.82, 2.24) is 14.9 Å². The summed E-state index contributed by atoms with van der Waals surface area (Å²) in [5.41, 5.74) is 10.6. The molecule has 0 fully saturated rings. The highest BCUT2D eigenvalue weighted by atomic mass is 35.5. The zero-order chi connectivity index (χ0) is 22.5. The van der Waals surface area contributed by atoms with Gasteiger partial charge in [0, 0.05) is 42.5 Å². The number of H-pyrrole nitrogens is 1. The molecule has 2 aromatic rings. The number of halogens is 1. The van der Waals surface area contributed by atoms with Gasteiger partial charge in [0.05, 0.1) is 6.17 Å². The number of hydrogen-bond donors (Lipinski definition) is 2. The summed E-state index contributed by atoms with van der Waals surface area (Å²) in [5, 5.41) is 2.13. The van der Waals surface area contributed by atoms with Gasteiger partial charge in [-0.15, -0.1) is 0 Å². The number of nitrogens with two attached hydrogens (primary N) is 1. The quantitative estimate of drug-likeness (QED) is 0.522. The van der Waals surface area contributed by atoms with Gasteiger partial charge >= 0.3 is 0 Å². The number of aromatic amines is 1. The van der Waals surface area contributed by atoms with Gasteiger partial charge in [0.2, 0.25) is 0 Å². The van der Waals surface area contributed by atoms with E-state index >= 15 is 0 Å². The summed E-state index contributed by atoms with van der Waals surface area (Å²) in [4.78, 5) is 9.51. The summed E-state index contributed by atoms with van der Waals surface area (Å²) in [6.07, 6.45) is 17.0. The van der Waals surface area contributed by atoms with E-state index in [1.165, 1.54) is 22.1 Å². The van der Waals surface area contributed by atoms with Crippen LogP contribution in [0.25, 0.3) is 11.0 Å². The zero-order valence-electron chi connectivity index (χ0n) is 19.2. The average Bonchev–Trinajstić information content (AvgIpc) is 3.14. The molecule has 2 aromatic heterocycles. The predicted molar refractivity (Wildman–Crippen MR) is 132 cm³/mol. The van der Waals surface area contributed by atoms with Crippen molar-refractivity contribution >= 4 is 22.6 Å². The monoisotopic (exact) mass is 428 g/mol. The summed E-state index contributed by atoms with van der Waals surface area (Å²) in [6.45, 7) is 10.2. The van der Waals surface area contributed by atoms with Crippen LogP contribution in [-0.4, -0.2) is 28.1 Å². The molecule has 0 saturated carbocycles. The molecule has 1 aliphatic rings. The SMILES string of the molecule is CC.CCC/C(Cl)=C\C=C(C)C.CN1C=C(Cc2c[nH]c3ncccc23)C=CC1N. The number of allylic oxidation sites excluding steroid dienone is 6. The van der Waals surface area contributed by atoms with Gasteiger partial charge in [0.1, 0.15) is 5.65 Å². The van der Waals surface area contributed by atoms with Crippen LogP contribution in [-0.2, 0) is 6.42 Å². The second kappa shape index (κ2) is 13.8. The first-order chi connectivity index (χ1) is 14.4. The fourth-order valence-electron chi connectivity index (χ4n) is 2.81. The highest BCUT2D eigenvalue weighted by Crippen LogP contribution is 2.21.